The van der Waals surface area contributed by atoms with Gasteiger partial charge >= 0.3 is 5.97 Å². The highest BCUT2D eigenvalue weighted by molar-refractivity contribution is 5.76. The second-order valence-corrected chi connectivity index (χ2v) is 18.7. The molecule has 0 aromatic carbocycles. The Kier molecular flexibility index (Phi) is 7.81. The molecule has 5 aliphatic carbocycles. The van der Waals surface area contributed by atoms with Gasteiger partial charge in [0.15, 0.2) is 6.29 Å². The van der Waals surface area contributed by atoms with Crippen LogP contribution < -0.4 is 0 Å². The minimum absolute atomic E-state index is 0.000537. The van der Waals surface area contributed by atoms with E-state index in [1.54, 1.807) is 6.92 Å². The maximum atomic E-state index is 13.0. The molecule has 0 amide bonds. The summed E-state index contributed by atoms with van der Waals surface area (Å²) in [7, 11) is 0. The fourth-order valence-electron chi connectivity index (χ4n) is 13.0. The fraction of sp³-hybridized carbons (Fsp3) is 0.921. The van der Waals surface area contributed by atoms with Crippen LogP contribution in [0.3, 0.4) is 0 Å². The number of rotatable bonds is 3. The zero-order chi connectivity index (χ0) is 33.2. The molecule has 2 aliphatic heterocycles. The summed E-state index contributed by atoms with van der Waals surface area (Å²) in [6.07, 6.45) is 7.38. The zero-order valence-electron chi connectivity index (χ0n) is 29.3. The van der Waals surface area contributed by atoms with E-state index in [-0.39, 0.29) is 39.1 Å². The highest BCUT2D eigenvalue weighted by atomic mass is 16.7. The molecule has 4 N–H and O–H groups in total. The van der Waals surface area contributed by atoms with E-state index in [2.05, 4.69) is 47.6 Å². The molecule has 2 heterocycles. The average molecular weight is 645 g/mol. The van der Waals surface area contributed by atoms with Gasteiger partial charge in [-0.2, -0.15) is 0 Å². The van der Waals surface area contributed by atoms with Gasteiger partial charge in [-0.3, -0.25) is 4.79 Å². The number of hydrogen-bond donors (Lipinski definition) is 4. The summed E-state index contributed by atoms with van der Waals surface area (Å²) >= 11 is 0. The number of carbonyl (C=O) groups is 1. The van der Waals surface area contributed by atoms with Gasteiger partial charge in [-0.25, -0.2) is 0 Å². The molecule has 0 aromatic heterocycles. The summed E-state index contributed by atoms with van der Waals surface area (Å²) in [5.74, 6) is 0.506. The van der Waals surface area contributed by atoms with E-state index in [0.717, 1.165) is 64.2 Å². The van der Waals surface area contributed by atoms with E-state index in [9.17, 15) is 25.2 Å². The second kappa shape index (κ2) is 10.7. The molecule has 6 fully saturated rings. The molecule has 0 spiro atoms. The Morgan fingerprint density at radius 2 is 1.57 bits per heavy atom. The van der Waals surface area contributed by atoms with Crippen LogP contribution >= 0.6 is 0 Å². The Labute approximate surface area is 275 Å². The lowest BCUT2D eigenvalue weighted by atomic mass is 9.33. The van der Waals surface area contributed by atoms with Crippen molar-refractivity contribution in [1.82, 2.24) is 0 Å². The molecule has 0 unspecified atom stereocenters. The molecule has 8 nitrogen and oxygen atoms in total. The van der Waals surface area contributed by atoms with Crippen molar-refractivity contribution in [2.75, 3.05) is 6.61 Å². The Bertz CT molecular complexity index is 1260. The van der Waals surface area contributed by atoms with Gasteiger partial charge in [0.1, 0.15) is 18.3 Å². The van der Waals surface area contributed by atoms with Crippen LogP contribution in [0.25, 0.3) is 0 Å². The summed E-state index contributed by atoms with van der Waals surface area (Å²) in [6, 6.07) is 0. The molecule has 7 aliphatic rings. The van der Waals surface area contributed by atoms with Crippen molar-refractivity contribution in [3.63, 3.8) is 0 Å². The summed E-state index contributed by atoms with van der Waals surface area (Å²) in [4.78, 5) is 13.0. The summed E-state index contributed by atoms with van der Waals surface area (Å²) in [5, 5.41) is 41.7. The molecule has 260 valence electrons. The van der Waals surface area contributed by atoms with Crippen LogP contribution in [0.15, 0.2) is 11.6 Å². The third-order valence-electron chi connectivity index (χ3n) is 16.1. The van der Waals surface area contributed by atoms with Crippen LogP contribution in [0, 0.1) is 50.2 Å². The molecular weight excluding hydrogens is 584 g/mol. The lowest BCUT2D eigenvalue weighted by Gasteiger charge is -2.72. The number of carboxylic acids is 1. The third kappa shape index (κ3) is 4.48. The standard InChI is InChI=1S/C38H60O8/c1-21-29(39)31(41)30(40)24(45-21)18-28-44-20-35(5)25-10-13-37(7)26(34(25,4)12-11-27(35)46-28)9-8-22-23-19-33(2,3)14-16-38(23,32(42)43)17-15-36(22,37)6/h8,21,23-31,39-41H,9-20H2,1-7H3,(H,42,43)/t21-,23-,24-,25+,26+,27-,28+,29+,30+,31+,34-,35-,36+,37+,38-/m0/s1. The number of aliphatic hydroxyl groups is 3. The first kappa shape index (κ1) is 33.5. The number of aliphatic carboxylic acids is 1. The maximum Gasteiger partial charge on any atom is 0.310 e. The first-order valence-corrected chi connectivity index (χ1v) is 18.3. The first-order chi connectivity index (χ1) is 21.4. The average Bonchev–Trinajstić information content (AvgIpc) is 2.98. The van der Waals surface area contributed by atoms with Crippen molar-refractivity contribution in [2.24, 2.45) is 50.2 Å². The summed E-state index contributed by atoms with van der Waals surface area (Å²) in [5.41, 5.74) is 1.11. The highest BCUT2D eigenvalue weighted by Gasteiger charge is 2.70. The highest BCUT2D eigenvalue weighted by Crippen LogP contribution is 2.76. The molecular formula is C38H60O8. The Morgan fingerprint density at radius 3 is 2.28 bits per heavy atom. The van der Waals surface area contributed by atoms with Crippen molar-refractivity contribution in [1.29, 1.82) is 0 Å². The van der Waals surface area contributed by atoms with Crippen LogP contribution in [0.1, 0.15) is 119 Å². The predicted molar refractivity (Wildman–Crippen MR) is 173 cm³/mol. The largest absolute Gasteiger partial charge is 0.481 e. The zero-order valence-corrected chi connectivity index (χ0v) is 29.3. The topological polar surface area (TPSA) is 126 Å². The Morgan fingerprint density at radius 1 is 0.848 bits per heavy atom. The van der Waals surface area contributed by atoms with Gasteiger partial charge in [0, 0.05) is 11.8 Å². The molecule has 2 saturated heterocycles. The number of fused-ring (bicyclic) bond motifs is 9. The van der Waals surface area contributed by atoms with E-state index in [1.165, 1.54) is 5.57 Å². The van der Waals surface area contributed by atoms with Gasteiger partial charge in [0.2, 0.25) is 0 Å². The molecule has 7 rings (SSSR count). The Balaban J connectivity index is 1.13. The number of hydrogen-bond acceptors (Lipinski definition) is 7. The van der Waals surface area contributed by atoms with Crippen LogP contribution in [0.4, 0.5) is 0 Å². The van der Waals surface area contributed by atoms with E-state index >= 15 is 0 Å². The van der Waals surface area contributed by atoms with Crippen LogP contribution in [0.2, 0.25) is 0 Å². The minimum Gasteiger partial charge on any atom is -0.481 e. The quantitative estimate of drug-likeness (QED) is 0.282. The van der Waals surface area contributed by atoms with E-state index < -0.39 is 48.2 Å². The maximum absolute atomic E-state index is 13.0. The smallest absolute Gasteiger partial charge is 0.310 e. The SMILES string of the molecule is C[C@@H]1O[C@@H](C[C@@H]2OC[C@@]3(C)[C@@H]4CC[C@]5(C)[C@H](CC=C6[C@@H]7CC(C)(C)CC[C@]7(C(=O)O)CC[C@]65C)[C@@]4(C)CC[C@@H]3O2)[C@@H](O)[C@H](O)[C@@H]1O. The predicted octanol–water partition coefficient (Wildman–Crippen LogP) is 5.85. The molecule has 46 heavy (non-hydrogen) atoms. The van der Waals surface area contributed by atoms with Gasteiger partial charge in [-0.1, -0.05) is 53.2 Å². The second-order valence-electron chi connectivity index (χ2n) is 18.7. The van der Waals surface area contributed by atoms with E-state index in [0.29, 0.717) is 24.9 Å². The lowest BCUT2D eigenvalue weighted by Crippen LogP contribution is -2.67. The van der Waals surface area contributed by atoms with Gasteiger partial charge in [-0.05, 0) is 111 Å². The van der Waals surface area contributed by atoms with Crippen molar-refractivity contribution in [2.45, 2.75) is 162 Å². The molecule has 15 atom stereocenters. The van der Waals surface area contributed by atoms with Crippen LogP contribution in [0.5, 0.6) is 0 Å². The van der Waals surface area contributed by atoms with Crippen LogP contribution in [-0.4, -0.2) is 75.9 Å². The number of aliphatic hydroxyl groups excluding tert-OH is 3. The fourth-order valence-corrected chi connectivity index (χ4v) is 13.0. The number of allylic oxidation sites excluding steroid dienone is 2. The van der Waals surface area contributed by atoms with Gasteiger partial charge < -0.3 is 34.6 Å². The van der Waals surface area contributed by atoms with Crippen molar-refractivity contribution >= 4 is 5.97 Å². The monoisotopic (exact) mass is 644 g/mol. The van der Waals surface area contributed by atoms with Crippen molar-refractivity contribution in [3.8, 4) is 0 Å². The summed E-state index contributed by atoms with van der Waals surface area (Å²) in [6.45, 7) is 16.9. The first-order valence-electron chi connectivity index (χ1n) is 18.3. The molecule has 0 bridgehead atoms. The number of ether oxygens (including phenoxy) is 3. The van der Waals surface area contributed by atoms with E-state index in [1.807, 2.05) is 0 Å². The number of carboxylic acid groups (broad SMARTS) is 1. The summed E-state index contributed by atoms with van der Waals surface area (Å²) < 4.78 is 19.0. The van der Waals surface area contributed by atoms with Gasteiger partial charge in [0.25, 0.3) is 0 Å². The lowest BCUT2D eigenvalue weighted by molar-refractivity contribution is -0.325. The van der Waals surface area contributed by atoms with Gasteiger partial charge in [-0.15, -0.1) is 0 Å². The molecule has 8 heteroatoms. The molecule has 0 aromatic rings. The van der Waals surface area contributed by atoms with Crippen LogP contribution in [-0.2, 0) is 19.0 Å². The minimum atomic E-state index is -1.25. The normalized spacial score (nSPS) is 56.3. The Hall–Kier alpha value is -1.03. The van der Waals surface area contributed by atoms with Gasteiger partial charge in [0.05, 0.1) is 30.3 Å². The van der Waals surface area contributed by atoms with Crippen molar-refractivity contribution in [3.05, 3.63) is 11.6 Å². The molecule has 0 radical (unpaired) electrons. The molecule has 4 saturated carbocycles. The third-order valence-corrected chi connectivity index (χ3v) is 16.1. The van der Waals surface area contributed by atoms with E-state index in [4.69, 9.17) is 14.2 Å². The van der Waals surface area contributed by atoms with Crippen molar-refractivity contribution < 1.29 is 39.4 Å².